The molecule has 0 aromatic heterocycles. The molecule has 1 fully saturated rings. The van der Waals surface area contributed by atoms with Crippen LogP contribution in [0, 0.1) is 0 Å². The summed E-state index contributed by atoms with van der Waals surface area (Å²) in [6.07, 6.45) is 1.54. The Morgan fingerprint density at radius 3 is 1.95 bits per heavy atom. The lowest BCUT2D eigenvalue weighted by atomic mass is 9.93. The molecule has 3 atom stereocenters. The Bertz CT molecular complexity index is 1060. The minimum Gasteiger partial charge on any atom is -0.444 e. The molecule has 37 heavy (non-hydrogen) atoms. The van der Waals surface area contributed by atoms with Crippen molar-refractivity contribution in [1.29, 1.82) is 0 Å². The van der Waals surface area contributed by atoms with Gasteiger partial charge in [-0.2, -0.15) is 0 Å². The molecule has 3 aromatic rings. The summed E-state index contributed by atoms with van der Waals surface area (Å²) in [6.45, 7) is 7.79. The Morgan fingerprint density at radius 1 is 0.919 bits per heavy atom. The van der Waals surface area contributed by atoms with Gasteiger partial charge in [0.05, 0.1) is 6.10 Å². The van der Waals surface area contributed by atoms with Crippen LogP contribution in [-0.2, 0) is 17.8 Å². The highest BCUT2D eigenvalue weighted by molar-refractivity contribution is 5.69. The summed E-state index contributed by atoms with van der Waals surface area (Å²) >= 11 is 0. The van der Waals surface area contributed by atoms with Crippen LogP contribution >= 0.6 is 0 Å². The first-order valence-corrected chi connectivity index (χ1v) is 13.3. The van der Waals surface area contributed by atoms with Crippen LogP contribution in [-0.4, -0.2) is 45.2 Å². The first-order valence-electron chi connectivity index (χ1n) is 13.3. The standard InChI is InChI=1S/C32H40N2O3/c1-32(2,3)37-31(36)34-21-13-20-28(34)22-29(30(35)27-18-11-6-12-19-27)33(23-25-14-7-4-8-15-25)24-26-16-9-5-10-17-26/h4-12,14-19,28-30,35H,13,20-24H2,1-3H3/t28-,29?,30?/m0/s1. The minimum atomic E-state index is -0.699. The molecule has 1 heterocycles. The fourth-order valence-corrected chi connectivity index (χ4v) is 5.20. The molecule has 5 heteroatoms. The van der Waals surface area contributed by atoms with Gasteiger partial charge in [0.2, 0.25) is 0 Å². The van der Waals surface area contributed by atoms with E-state index in [9.17, 15) is 9.90 Å². The Balaban J connectivity index is 1.66. The van der Waals surface area contributed by atoms with Crippen molar-refractivity contribution in [2.45, 2.75) is 76.9 Å². The quantitative estimate of drug-likeness (QED) is 0.361. The highest BCUT2D eigenvalue weighted by Crippen LogP contribution is 2.32. The van der Waals surface area contributed by atoms with Crippen LogP contribution < -0.4 is 0 Å². The van der Waals surface area contributed by atoms with Crippen molar-refractivity contribution in [3.63, 3.8) is 0 Å². The maximum atomic E-state index is 13.1. The molecule has 2 unspecified atom stereocenters. The highest BCUT2D eigenvalue weighted by Gasteiger charge is 2.37. The first kappa shape index (κ1) is 26.9. The molecule has 1 N–H and O–H groups in total. The van der Waals surface area contributed by atoms with Crippen molar-refractivity contribution in [3.05, 3.63) is 108 Å². The zero-order valence-electron chi connectivity index (χ0n) is 22.3. The Morgan fingerprint density at radius 2 is 1.43 bits per heavy atom. The molecule has 0 radical (unpaired) electrons. The third kappa shape index (κ3) is 7.67. The molecule has 0 spiro atoms. The lowest BCUT2D eigenvalue weighted by Crippen LogP contribution is -2.46. The smallest absolute Gasteiger partial charge is 0.410 e. The van der Waals surface area contributed by atoms with Crippen LogP contribution in [0.5, 0.6) is 0 Å². The van der Waals surface area contributed by atoms with E-state index in [4.69, 9.17) is 4.74 Å². The Labute approximate surface area is 221 Å². The van der Waals surface area contributed by atoms with Gasteiger partial charge < -0.3 is 14.7 Å². The van der Waals surface area contributed by atoms with Gasteiger partial charge in [-0.1, -0.05) is 91.0 Å². The number of carbonyl (C=O) groups is 1. The second-order valence-electron chi connectivity index (χ2n) is 11.0. The van der Waals surface area contributed by atoms with Crippen molar-refractivity contribution in [2.24, 2.45) is 0 Å². The second-order valence-corrected chi connectivity index (χ2v) is 11.0. The molecule has 1 amide bonds. The van der Waals surface area contributed by atoms with Crippen LogP contribution in [0.25, 0.3) is 0 Å². The van der Waals surface area contributed by atoms with Gasteiger partial charge in [-0.05, 0) is 56.7 Å². The summed E-state index contributed by atoms with van der Waals surface area (Å²) in [7, 11) is 0. The van der Waals surface area contributed by atoms with Crippen LogP contribution in [0.15, 0.2) is 91.0 Å². The summed E-state index contributed by atoms with van der Waals surface area (Å²) in [5, 5.41) is 11.8. The fraction of sp³-hybridized carbons (Fsp3) is 0.406. The molecule has 0 aliphatic carbocycles. The molecular formula is C32H40N2O3. The number of benzene rings is 3. The number of hydrogen-bond donors (Lipinski definition) is 1. The second kappa shape index (κ2) is 12.4. The zero-order valence-corrected chi connectivity index (χ0v) is 22.3. The van der Waals surface area contributed by atoms with Crippen molar-refractivity contribution in [3.8, 4) is 0 Å². The largest absolute Gasteiger partial charge is 0.444 e. The van der Waals surface area contributed by atoms with E-state index in [-0.39, 0.29) is 18.2 Å². The predicted molar refractivity (Wildman–Crippen MR) is 148 cm³/mol. The lowest BCUT2D eigenvalue weighted by molar-refractivity contribution is 0.00316. The Kier molecular flexibility index (Phi) is 9.01. The number of hydrogen-bond acceptors (Lipinski definition) is 4. The molecule has 196 valence electrons. The van der Waals surface area contributed by atoms with Crippen LogP contribution in [0.2, 0.25) is 0 Å². The van der Waals surface area contributed by atoms with Gasteiger partial charge in [-0.25, -0.2) is 4.79 Å². The molecule has 0 saturated carbocycles. The van der Waals surface area contributed by atoms with E-state index < -0.39 is 11.7 Å². The Hall–Kier alpha value is -3.15. The van der Waals surface area contributed by atoms with E-state index >= 15 is 0 Å². The summed E-state index contributed by atoms with van der Waals surface area (Å²) in [5.41, 5.74) is 2.73. The van der Waals surface area contributed by atoms with Gasteiger partial charge in [0.1, 0.15) is 5.60 Å². The maximum Gasteiger partial charge on any atom is 0.410 e. The topological polar surface area (TPSA) is 53.0 Å². The van der Waals surface area contributed by atoms with E-state index in [0.29, 0.717) is 26.1 Å². The first-order chi connectivity index (χ1) is 17.8. The molecule has 4 rings (SSSR count). The van der Waals surface area contributed by atoms with Crippen molar-refractivity contribution in [1.82, 2.24) is 9.80 Å². The number of nitrogens with zero attached hydrogens (tertiary/aromatic N) is 2. The van der Waals surface area contributed by atoms with Crippen molar-refractivity contribution < 1.29 is 14.6 Å². The summed E-state index contributed by atoms with van der Waals surface area (Å²) in [4.78, 5) is 17.3. The number of amides is 1. The molecular weight excluding hydrogens is 460 g/mol. The monoisotopic (exact) mass is 500 g/mol. The molecule has 0 bridgehead atoms. The van der Waals surface area contributed by atoms with Crippen LogP contribution in [0.1, 0.15) is 62.8 Å². The average molecular weight is 501 g/mol. The van der Waals surface area contributed by atoms with E-state index in [1.165, 1.54) is 11.1 Å². The predicted octanol–water partition coefficient (Wildman–Crippen LogP) is 6.58. The van der Waals surface area contributed by atoms with E-state index in [1.54, 1.807) is 0 Å². The SMILES string of the molecule is CC(C)(C)OC(=O)N1CCC[C@H]1CC(C(O)c1ccccc1)N(Cc1ccccc1)Cc1ccccc1. The van der Waals surface area contributed by atoms with Gasteiger partial charge in [-0.15, -0.1) is 0 Å². The van der Waals surface area contributed by atoms with Gasteiger partial charge in [0, 0.05) is 31.7 Å². The van der Waals surface area contributed by atoms with E-state index in [1.807, 2.05) is 68.1 Å². The zero-order chi connectivity index (χ0) is 26.3. The van der Waals surface area contributed by atoms with Crippen LogP contribution in [0.4, 0.5) is 4.79 Å². The van der Waals surface area contributed by atoms with Gasteiger partial charge in [-0.3, -0.25) is 4.90 Å². The van der Waals surface area contributed by atoms with E-state index in [2.05, 4.69) is 53.4 Å². The number of carbonyl (C=O) groups excluding carboxylic acids is 1. The van der Waals surface area contributed by atoms with Gasteiger partial charge >= 0.3 is 6.09 Å². The summed E-state index contributed by atoms with van der Waals surface area (Å²) in [5.74, 6) is 0. The number of aliphatic hydroxyl groups is 1. The lowest BCUT2D eigenvalue weighted by Gasteiger charge is -2.38. The van der Waals surface area contributed by atoms with Crippen LogP contribution in [0.3, 0.4) is 0 Å². The molecule has 3 aromatic carbocycles. The molecule has 1 saturated heterocycles. The number of ether oxygens (including phenoxy) is 1. The molecule has 5 nitrogen and oxygen atoms in total. The summed E-state index contributed by atoms with van der Waals surface area (Å²) < 4.78 is 5.74. The van der Waals surface area contributed by atoms with Gasteiger partial charge in [0.15, 0.2) is 0 Å². The van der Waals surface area contributed by atoms with E-state index in [0.717, 1.165) is 18.4 Å². The normalized spacial score (nSPS) is 17.5. The average Bonchev–Trinajstić information content (AvgIpc) is 3.36. The van der Waals surface area contributed by atoms with Crippen molar-refractivity contribution in [2.75, 3.05) is 6.54 Å². The third-order valence-electron chi connectivity index (χ3n) is 6.95. The third-order valence-corrected chi connectivity index (χ3v) is 6.95. The number of likely N-dealkylation sites (tertiary alicyclic amines) is 1. The molecule has 1 aliphatic heterocycles. The minimum absolute atomic E-state index is 0.00672. The molecule has 1 aliphatic rings. The maximum absolute atomic E-state index is 13.1. The van der Waals surface area contributed by atoms with Crippen molar-refractivity contribution >= 4 is 6.09 Å². The summed E-state index contributed by atoms with van der Waals surface area (Å²) in [6, 6.07) is 30.5. The fourth-order valence-electron chi connectivity index (χ4n) is 5.20. The highest BCUT2D eigenvalue weighted by atomic mass is 16.6. The number of rotatable bonds is 9. The number of aliphatic hydroxyl groups excluding tert-OH is 1. The van der Waals surface area contributed by atoms with Gasteiger partial charge in [0.25, 0.3) is 0 Å².